The van der Waals surface area contributed by atoms with Crippen LogP contribution >= 0.6 is 11.3 Å². The summed E-state index contributed by atoms with van der Waals surface area (Å²) in [7, 11) is 4.11. The average molecular weight is 335 g/mol. The van der Waals surface area contributed by atoms with Gasteiger partial charge in [-0.3, -0.25) is 4.90 Å². The molecule has 6 heteroatoms. The van der Waals surface area contributed by atoms with E-state index in [0.717, 1.165) is 13.0 Å². The van der Waals surface area contributed by atoms with Crippen LogP contribution in [0.25, 0.3) is 0 Å². The molecule has 0 spiro atoms. The lowest BCUT2D eigenvalue weighted by atomic mass is 10.1. The molecule has 2 atom stereocenters. The van der Waals surface area contributed by atoms with E-state index in [1.54, 1.807) is 41.7 Å². The topological polar surface area (TPSA) is 70.0 Å². The van der Waals surface area contributed by atoms with Crippen molar-refractivity contribution in [3.05, 3.63) is 57.8 Å². The lowest BCUT2D eigenvalue weighted by Gasteiger charge is -2.28. The highest BCUT2D eigenvalue weighted by Crippen LogP contribution is 2.32. The van der Waals surface area contributed by atoms with Crippen molar-refractivity contribution in [2.45, 2.75) is 18.8 Å². The second kappa shape index (κ2) is 8.21. The molecule has 1 aromatic heterocycles. The number of aliphatic carboxylic acids is 1. The number of benzene rings is 1. The lowest BCUT2D eigenvalue weighted by molar-refractivity contribution is -0.146. The van der Waals surface area contributed by atoms with Gasteiger partial charge in [-0.2, -0.15) is 0 Å². The Hall–Kier alpha value is -1.73. The van der Waals surface area contributed by atoms with Gasteiger partial charge in [0.25, 0.3) is 0 Å². The number of ether oxygens (including phenoxy) is 1. The third-order valence-electron chi connectivity index (χ3n) is 3.47. The Morgan fingerprint density at radius 2 is 2.00 bits per heavy atom. The van der Waals surface area contributed by atoms with Gasteiger partial charge < -0.3 is 14.9 Å². The van der Waals surface area contributed by atoms with Crippen molar-refractivity contribution < 1.29 is 19.7 Å². The molecule has 0 amide bonds. The molecule has 124 valence electrons. The number of thiophene rings is 1. The molecule has 1 aliphatic rings. The molecule has 23 heavy (non-hydrogen) atoms. The molecule has 0 aliphatic carbocycles. The minimum atomic E-state index is -1.41. The summed E-state index contributed by atoms with van der Waals surface area (Å²) in [4.78, 5) is 13.8. The van der Waals surface area contributed by atoms with Gasteiger partial charge in [0, 0.05) is 0 Å². The average Bonchev–Trinajstić information content (AvgIpc) is 3.03. The summed E-state index contributed by atoms with van der Waals surface area (Å²) in [5.41, 5.74) is 1.87. The largest absolute Gasteiger partial charge is 0.479 e. The number of aliphatic hydroxyl groups is 1. The maximum atomic E-state index is 10.2. The van der Waals surface area contributed by atoms with E-state index < -0.39 is 12.1 Å². The van der Waals surface area contributed by atoms with Gasteiger partial charge in [0.1, 0.15) is 6.23 Å². The van der Waals surface area contributed by atoms with E-state index in [2.05, 4.69) is 30.4 Å². The summed E-state index contributed by atoms with van der Waals surface area (Å²) in [5.74, 6) is -1.23. The Kier molecular flexibility index (Phi) is 6.29. The van der Waals surface area contributed by atoms with Crippen molar-refractivity contribution in [3.8, 4) is 0 Å². The molecule has 0 unspecified atom stereocenters. The van der Waals surface area contributed by atoms with E-state index in [1.807, 2.05) is 0 Å². The SMILES string of the molecule is CN(C)[C@H]1OCCc2ccsc21.O=C(O)[C@H](O)c1ccccc1. The zero-order valence-corrected chi connectivity index (χ0v) is 14.0. The van der Waals surface area contributed by atoms with Gasteiger partial charge in [0.2, 0.25) is 0 Å². The first-order valence-electron chi connectivity index (χ1n) is 7.31. The van der Waals surface area contributed by atoms with Gasteiger partial charge >= 0.3 is 5.97 Å². The second-order valence-corrected chi connectivity index (χ2v) is 6.35. The number of nitrogens with zero attached hydrogens (tertiary/aromatic N) is 1. The maximum Gasteiger partial charge on any atom is 0.337 e. The van der Waals surface area contributed by atoms with Crippen molar-refractivity contribution in [1.82, 2.24) is 4.90 Å². The van der Waals surface area contributed by atoms with Gasteiger partial charge in [0.05, 0.1) is 11.5 Å². The Labute approximate surface area is 139 Å². The summed E-state index contributed by atoms with van der Waals surface area (Å²) in [6, 6.07) is 10.5. The molecule has 3 rings (SSSR count). The van der Waals surface area contributed by atoms with E-state index >= 15 is 0 Å². The molecule has 0 saturated carbocycles. The first kappa shape index (κ1) is 17.6. The number of rotatable bonds is 3. The summed E-state index contributed by atoms with van der Waals surface area (Å²) in [6.07, 6.45) is -0.145. The fraction of sp³-hybridized carbons (Fsp3) is 0.353. The molecule has 2 heterocycles. The Morgan fingerprint density at radius 3 is 2.61 bits per heavy atom. The third kappa shape index (κ3) is 4.62. The van der Waals surface area contributed by atoms with E-state index in [4.69, 9.17) is 14.9 Å². The molecule has 0 saturated heterocycles. The van der Waals surface area contributed by atoms with Crippen LogP contribution in [0.4, 0.5) is 0 Å². The van der Waals surface area contributed by atoms with Crippen LogP contribution in [0.1, 0.15) is 28.3 Å². The number of fused-ring (bicyclic) bond motifs is 1. The zero-order valence-electron chi connectivity index (χ0n) is 13.2. The molecule has 2 aromatic rings. The van der Waals surface area contributed by atoms with Crippen molar-refractivity contribution in [1.29, 1.82) is 0 Å². The van der Waals surface area contributed by atoms with E-state index in [0.29, 0.717) is 5.56 Å². The Balaban J connectivity index is 0.000000168. The molecule has 5 nitrogen and oxygen atoms in total. The number of aliphatic hydroxyl groups excluding tert-OH is 1. The molecule has 0 bridgehead atoms. The van der Waals surface area contributed by atoms with Gasteiger partial charge in [-0.05, 0) is 43.1 Å². The highest BCUT2D eigenvalue weighted by Gasteiger charge is 2.23. The summed E-state index contributed by atoms with van der Waals surface area (Å²) in [6.45, 7) is 0.854. The standard InChI is InChI=1S/C9H13NOS.C8H8O3/c1-10(2)9-8-7(3-5-11-9)4-6-12-8;9-7(8(10)11)6-4-2-1-3-5-6/h4,6,9H,3,5H2,1-2H3;1-5,7,9H,(H,10,11)/t9-;7-/m01/s1. The Bertz CT molecular complexity index is 627. The number of carboxylic acids is 1. The Morgan fingerprint density at radius 1 is 1.30 bits per heavy atom. The summed E-state index contributed by atoms with van der Waals surface area (Å²) >= 11 is 1.80. The first-order chi connectivity index (χ1) is 11.0. The van der Waals surface area contributed by atoms with Gasteiger partial charge in [-0.15, -0.1) is 11.3 Å². The van der Waals surface area contributed by atoms with Crippen molar-refractivity contribution in [2.75, 3.05) is 20.7 Å². The summed E-state index contributed by atoms with van der Waals surface area (Å²) in [5, 5.41) is 19.5. The summed E-state index contributed by atoms with van der Waals surface area (Å²) < 4.78 is 5.66. The van der Waals surface area contributed by atoms with E-state index in [1.165, 1.54) is 10.4 Å². The number of carbonyl (C=O) groups is 1. The van der Waals surface area contributed by atoms with Crippen LogP contribution in [0.3, 0.4) is 0 Å². The molecule has 0 radical (unpaired) electrons. The third-order valence-corrected chi connectivity index (χ3v) is 4.46. The molecular formula is C17H21NO4S. The van der Waals surface area contributed by atoms with Crippen LogP contribution in [0, 0.1) is 0 Å². The van der Waals surface area contributed by atoms with Gasteiger partial charge in [-0.1, -0.05) is 30.3 Å². The van der Waals surface area contributed by atoms with Crippen LogP contribution in [-0.4, -0.2) is 41.8 Å². The molecule has 0 fully saturated rings. The van der Waals surface area contributed by atoms with Crippen molar-refractivity contribution in [3.63, 3.8) is 0 Å². The van der Waals surface area contributed by atoms with E-state index in [9.17, 15) is 4.79 Å². The fourth-order valence-corrected chi connectivity index (χ4v) is 3.38. The maximum absolute atomic E-state index is 10.2. The minimum Gasteiger partial charge on any atom is -0.479 e. The van der Waals surface area contributed by atoms with Crippen molar-refractivity contribution in [2.24, 2.45) is 0 Å². The zero-order chi connectivity index (χ0) is 16.8. The van der Waals surface area contributed by atoms with Crippen LogP contribution in [0.2, 0.25) is 0 Å². The predicted octanol–water partition coefficient (Wildman–Crippen LogP) is 2.69. The minimum absolute atomic E-state index is 0.189. The molecule has 2 N–H and O–H groups in total. The normalized spacial score (nSPS) is 17.8. The smallest absolute Gasteiger partial charge is 0.337 e. The number of hydrogen-bond donors (Lipinski definition) is 2. The highest BCUT2D eigenvalue weighted by molar-refractivity contribution is 7.10. The molecule has 1 aliphatic heterocycles. The number of carboxylic acid groups (broad SMARTS) is 1. The van der Waals surface area contributed by atoms with Crippen LogP contribution in [0.15, 0.2) is 41.8 Å². The predicted molar refractivity (Wildman–Crippen MR) is 89.4 cm³/mol. The van der Waals surface area contributed by atoms with Gasteiger partial charge in [-0.25, -0.2) is 4.79 Å². The van der Waals surface area contributed by atoms with Crippen LogP contribution in [0.5, 0.6) is 0 Å². The quantitative estimate of drug-likeness (QED) is 0.902. The van der Waals surface area contributed by atoms with Crippen LogP contribution in [-0.2, 0) is 16.0 Å². The molecule has 1 aromatic carbocycles. The van der Waals surface area contributed by atoms with Crippen LogP contribution < -0.4 is 0 Å². The number of hydrogen-bond acceptors (Lipinski definition) is 5. The molecular weight excluding hydrogens is 314 g/mol. The first-order valence-corrected chi connectivity index (χ1v) is 8.18. The van der Waals surface area contributed by atoms with E-state index in [-0.39, 0.29) is 6.23 Å². The lowest BCUT2D eigenvalue weighted by Crippen LogP contribution is -2.26. The highest BCUT2D eigenvalue weighted by atomic mass is 32.1. The monoisotopic (exact) mass is 335 g/mol. The second-order valence-electron chi connectivity index (χ2n) is 5.40. The van der Waals surface area contributed by atoms with Crippen molar-refractivity contribution >= 4 is 17.3 Å². The fourth-order valence-electron chi connectivity index (χ4n) is 2.29. The van der Waals surface area contributed by atoms with Gasteiger partial charge in [0.15, 0.2) is 6.10 Å².